The van der Waals surface area contributed by atoms with E-state index in [1.807, 2.05) is 18.2 Å². The zero-order chi connectivity index (χ0) is 10.6. The van der Waals surface area contributed by atoms with Gasteiger partial charge >= 0.3 is 0 Å². The van der Waals surface area contributed by atoms with Gasteiger partial charge in [-0.25, -0.2) is 0 Å². The van der Waals surface area contributed by atoms with Crippen LogP contribution in [-0.4, -0.2) is 14.2 Å². The Morgan fingerprint density at radius 3 is 2.57 bits per heavy atom. The van der Waals surface area contributed by atoms with Crippen molar-refractivity contribution in [2.24, 2.45) is 5.73 Å². The third-order valence-electron chi connectivity index (χ3n) is 2.05. The van der Waals surface area contributed by atoms with E-state index in [2.05, 4.69) is 6.58 Å². The summed E-state index contributed by atoms with van der Waals surface area (Å²) in [6.07, 6.45) is 1.66. The lowest BCUT2D eigenvalue weighted by molar-refractivity contribution is 0.351. The summed E-state index contributed by atoms with van der Waals surface area (Å²) in [6, 6.07) is 5.37. The van der Waals surface area contributed by atoms with E-state index in [0.717, 1.165) is 5.56 Å². The molecule has 0 aliphatic heterocycles. The summed E-state index contributed by atoms with van der Waals surface area (Å²) >= 11 is 0. The van der Waals surface area contributed by atoms with Gasteiger partial charge in [-0.15, -0.1) is 6.58 Å². The van der Waals surface area contributed by atoms with Crippen LogP contribution in [-0.2, 0) is 0 Å². The van der Waals surface area contributed by atoms with Crippen LogP contribution in [0.3, 0.4) is 0 Å². The maximum Gasteiger partial charge on any atom is 0.165 e. The Balaban J connectivity index is 3.21. The van der Waals surface area contributed by atoms with Gasteiger partial charge < -0.3 is 15.2 Å². The molecule has 0 bridgehead atoms. The highest BCUT2D eigenvalue weighted by Crippen LogP contribution is 2.33. The molecule has 1 atom stereocenters. The van der Waals surface area contributed by atoms with Gasteiger partial charge in [-0.2, -0.15) is 0 Å². The number of methoxy groups -OCH3 is 2. The zero-order valence-electron chi connectivity index (χ0n) is 8.49. The Labute approximate surface area is 84.1 Å². The molecule has 0 saturated heterocycles. The quantitative estimate of drug-likeness (QED) is 0.743. The van der Waals surface area contributed by atoms with Crippen LogP contribution >= 0.6 is 0 Å². The fourth-order valence-corrected chi connectivity index (χ4v) is 1.30. The standard InChI is InChI=1S/C11H15NO2/c1-4-9(12)8-6-5-7-10(13-2)11(8)14-3/h4-7,9H,1,12H2,2-3H3/t9-/m1/s1. The smallest absolute Gasteiger partial charge is 0.165 e. The SMILES string of the molecule is C=C[C@@H](N)c1cccc(OC)c1OC. The molecular formula is C11H15NO2. The van der Waals surface area contributed by atoms with E-state index in [4.69, 9.17) is 15.2 Å². The zero-order valence-corrected chi connectivity index (χ0v) is 8.49. The molecule has 2 N–H and O–H groups in total. The topological polar surface area (TPSA) is 44.5 Å². The summed E-state index contributed by atoms with van der Waals surface area (Å²) in [6.45, 7) is 3.65. The Morgan fingerprint density at radius 2 is 2.07 bits per heavy atom. The highest BCUT2D eigenvalue weighted by Gasteiger charge is 2.12. The molecule has 0 aliphatic carbocycles. The lowest BCUT2D eigenvalue weighted by Gasteiger charge is -2.14. The molecule has 1 aromatic carbocycles. The molecule has 1 aromatic rings. The minimum absolute atomic E-state index is 0.236. The van der Waals surface area contributed by atoms with Gasteiger partial charge in [-0.3, -0.25) is 0 Å². The van der Waals surface area contributed by atoms with E-state index in [0.29, 0.717) is 11.5 Å². The van der Waals surface area contributed by atoms with E-state index >= 15 is 0 Å². The molecule has 0 amide bonds. The second-order valence-electron chi connectivity index (χ2n) is 2.84. The first-order chi connectivity index (χ1) is 6.74. The van der Waals surface area contributed by atoms with E-state index < -0.39 is 0 Å². The molecule has 0 aromatic heterocycles. The van der Waals surface area contributed by atoms with E-state index in [9.17, 15) is 0 Å². The third-order valence-corrected chi connectivity index (χ3v) is 2.05. The Kier molecular flexibility index (Phi) is 3.54. The van der Waals surface area contributed by atoms with Crippen LogP contribution < -0.4 is 15.2 Å². The predicted octanol–water partition coefficient (Wildman–Crippen LogP) is 1.89. The molecule has 3 nitrogen and oxygen atoms in total. The molecule has 0 saturated carbocycles. The van der Waals surface area contributed by atoms with Gasteiger partial charge in [0.2, 0.25) is 0 Å². The van der Waals surface area contributed by atoms with Gasteiger partial charge in [0.25, 0.3) is 0 Å². The van der Waals surface area contributed by atoms with Crippen molar-refractivity contribution in [1.29, 1.82) is 0 Å². The molecule has 76 valence electrons. The number of hydrogen-bond donors (Lipinski definition) is 1. The largest absolute Gasteiger partial charge is 0.493 e. The van der Waals surface area contributed by atoms with E-state index in [1.165, 1.54) is 0 Å². The molecule has 0 radical (unpaired) electrons. The third kappa shape index (κ3) is 1.88. The Hall–Kier alpha value is -1.48. The highest BCUT2D eigenvalue weighted by molar-refractivity contribution is 5.48. The molecule has 0 fully saturated rings. The molecule has 0 unspecified atom stereocenters. The van der Waals surface area contributed by atoms with Crippen molar-refractivity contribution >= 4 is 0 Å². The molecule has 0 heterocycles. The fourth-order valence-electron chi connectivity index (χ4n) is 1.30. The Morgan fingerprint density at radius 1 is 1.36 bits per heavy atom. The van der Waals surface area contributed by atoms with Crippen LogP contribution in [0.5, 0.6) is 11.5 Å². The normalized spacial score (nSPS) is 11.9. The average Bonchev–Trinajstić information content (AvgIpc) is 2.26. The number of benzene rings is 1. The lowest BCUT2D eigenvalue weighted by atomic mass is 10.1. The van der Waals surface area contributed by atoms with Crippen molar-refractivity contribution in [3.05, 3.63) is 36.4 Å². The average molecular weight is 193 g/mol. The van der Waals surface area contributed by atoms with Crippen molar-refractivity contribution < 1.29 is 9.47 Å². The van der Waals surface area contributed by atoms with Gasteiger partial charge in [-0.05, 0) is 6.07 Å². The van der Waals surface area contributed by atoms with Crippen molar-refractivity contribution in [2.45, 2.75) is 6.04 Å². The van der Waals surface area contributed by atoms with Gasteiger partial charge in [0.1, 0.15) is 0 Å². The van der Waals surface area contributed by atoms with Crippen molar-refractivity contribution in [3.8, 4) is 11.5 Å². The van der Waals surface area contributed by atoms with Crippen molar-refractivity contribution in [2.75, 3.05) is 14.2 Å². The summed E-state index contributed by atoms with van der Waals surface area (Å²) < 4.78 is 10.4. The first kappa shape index (κ1) is 10.6. The van der Waals surface area contributed by atoms with E-state index in [1.54, 1.807) is 20.3 Å². The van der Waals surface area contributed by atoms with Gasteiger partial charge in [0.15, 0.2) is 11.5 Å². The van der Waals surface area contributed by atoms with Gasteiger partial charge in [-0.1, -0.05) is 18.2 Å². The first-order valence-electron chi connectivity index (χ1n) is 4.33. The van der Waals surface area contributed by atoms with Crippen molar-refractivity contribution in [3.63, 3.8) is 0 Å². The van der Waals surface area contributed by atoms with E-state index in [-0.39, 0.29) is 6.04 Å². The number of hydrogen-bond acceptors (Lipinski definition) is 3. The molecule has 0 aliphatic rings. The summed E-state index contributed by atoms with van der Waals surface area (Å²) in [4.78, 5) is 0. The lowest BCUT2D eigenvalue weighted by Crippen LogP contribution is -2.08. The minimum atomic E-state index is -0.236. The number of para-hydroxylation sites is 1. The van der Waals surface area contributed by atoms with Gasteiger partial charge in [0.05, 0.1) is 20.3 Å². The van der Waals surface area contributed by atoms with Crippen LogP contribution in [0, 0.1) is 0 Å². The Bertz CT molecular complexity index is 323. The second-order valence-corrected chi connectivity index (χ2v) is 2.84. The molecular weight excluding hydrogens is 178 g/mol. The number of rotatable bonds is 4. The highest BCUT2D eigenvalue weighted by atomic mass is 16.5. The second kappa shape index (κ2) is 4.67. The summed E-state index contributed by atoms with van der Waals surface area (Å²) in [7, 11) is 3.19. The fraction of sp³-hybridized carbons (Fsp3) is 0.273. The maximum absolute atomic E-state index is 5.84. The summed E-state index contributed by atoms with van der Waals surface area (Å²) in [5.41, 5.74) is 6.72. The molecule has 0 spiro atoms. The predicted molar refractivity (Wildman–Crippen MR) is 56.7 cm³/mol. The monoisotopic (exact) mass is 193 g/mol. The first-order valence-corrected chi connectivity index (χ1v) is 4.33. The van der Waals surface area contributed by atoms with Crippen LogP contribution in [0.15, 0.2) is 30.9 Å². The van der Waals surface area contributed by atoms with Gasteiger partial charge in [0, 0.05) is 5.56 Å². The van der Waals surface area contributed by atoms with Crippen LogP contribution in [0.25, 0.3) is 0 Å². The minimum Gasteiger partial charge on any atom is -0.493 e. The van der Waals surface area contributed by atoms with Crippen molar-refractivity contribution in [1.82, 2.24) is 0 Å². The molecule has 3 heteroatoms. The summed E-state index contributed by atoms with van der Waals surface area (Å²) in [5.74, 6) is 1.35. The van der Waals surface area contributed by atoms with Crippen LogP contribution in [0.4, 0.5) is 0 Å². The van der Waals surface area contributed by atoms with Crippen LogP contribution in [0.2, 0.25) is 0 Å². The summed E-state index contributed by atoms with van der Waals surface area (Å²) in [5, 5.41) is 0. The maximum atomic E-state index is 5.84. The van der Waals surface area contributed by atoms with Crippen LogP contribution in [0.1, 0.15) is 11.6 Å². The number of ether oxygens (including phenoxy) is 2. The molecule has 14 heavy (non-hydrogen) atoms. The molecule has 1 rings (SSSR count). The number of nitrogens with two attached hydrogens (primary N) is 1.